The highest BCUT2D eigenvalue weighted by Crippen LogP contribution is 2.63. The SMILES string of the molecule is c1ccc(-c2nc(-c3ccc(-n4c5ccccc5c5ccc6c(c7ccccc7n6-c6ccccc6)c54)cc3)nc(-c3cccc4c3-c3ccccc3C43c4ccccc4-c4ccccc43)n2)cc1. The van der Waals surface area contributed by atoms with Gasteiger partial charge in [0.05, 0.1) is 27.5 Å². The first-order valence-electron chi connectivity index (χ1n) is 23.6. The Bertz CT molecular complexity index is 4190. The first-order valence-corrected chi connectivity index (χ1v) is 23.6. The molecule has 1 spiro atoms. The molecule has 0 saturated heterocycles. The minimum Gasteiger partial charge on any atom is -0.309 e. The quantitative estimate of drug-likeness (QED) is 0.173. The Kier molecular flexibility index (Phi) is 7.93. The fourth-order valence-electron chi connectivity index (χ4n) is 12.1. The molecule has 2 aliphatic carbocycles. The van der Waals surface area contributed by atoms with Crippen LogP contribution in [0, 0.1) is 0 Å². The van der Waals surface area contributed by atoms with Gasteiger partial charge in [-0.15, -0.1) is 0 Å². The fourth-order valence-corrected chi connectivity index (χ4v) is 12.1. The summed E-state index contributed by atoms with van der Waals surface area (Å²) in [6.07, 6.45) is 0. The first kappa shape index (κ1) is 38.0. The minimum atomic E-state index is -0.474. The van der Waals surface area contributed by atoms with Crippen LogP contribution in [0.25, 0.3) is 111 Å². The average Bonchev–Trinajstić information content (AvgIpc) is 4.14. The fraction of sp³-hybridized carbons (Fsp3) is 0.0156. The third kappa shape index (κ3) is 5.21. The zero-order chi connectivity index (χ0) is 45.2. The van der Waals surface area contributed by atoms with Crippen LogP contribution in [0.4, 0.5) is 0 Å². The molecule has 0 atom stereocenters. The molecule has 0 N–H and O–H groups in total. The van der Waals surface area contributed by atoms with E-state index < -0.39 is 5.41 Å². The van der Waals surface area contributed by atoms with Gasteiger partial charge in [0, 0.05) is 49.6 Å². The molecular weight excluding hydrogens is 839 g/mol. The zero-order valence-corrected chi connectivity index (χ0v) is 37.3. The number of rotatable bonds is 5. The summed E-state index contributed by atoms with van der Waals surface area (Å²) in [5, 5.41) is 4.88. The van der Waals surface area contributed by atoms with E-state index in [1.807, 2.05) is 18.2 Å². The second-order valence-electron chi connectivity index (χ2n) is 18.2. The van der Waals surface area contributed by atoms with E-state index in [1.165, 1.54) is 77.0 Å². The van der Waals surface area contributed by atoms with Crippen molar-refractivity contribution in [1.29, 1.82) is 0 Å². The summed E-state index contributed by atoms with van der Waals surface area (Å²) in [5.74, 6) is 1.90. The molecule has 5 heteroatoms. The molecule has 69 heavy (non-hydrogen) atoms. The molecule has 2 aliphatic rings. The summed E-state index contributed by atoms with van der Waals surface area (Å²) < 4.78 is 4.83. The van der Waals surface area contributed by atoms with Gasteiger partial charge in [-0.2, -0.15) is 0 Å². The lowest BCUT2D eigenvalue weighted by atomic mass is 9.70. The molecule has 10 aromatic carbocycles. The average molecular weight is 878 g/mol. The van der Waals surface area contributed by atoms with Crippen molar-refractivity contribution in [2.45, 2.75) is 5.41 Å². The van der Waals surface area contributed by atoms with E-state index >= 15 is 0 Å². The van der Waals surface area contributed by atoms with Crippen molar-refractivity contribution < 1.29 is 0 Å². The topological polar surface area (TPSA) is 48.5 Å². The van der Waals surface area contributed by atoms with E-state index in [-0.39, 0.29) is 0 Å². The number of para-hydroxylation sites is 3. The zero-order valence-electron chi connectivity index (χ0n) is 37.3. The Labute approximate surface area is 397 Å². The number of nitrogens with zero attached hydrogens (tertiary/aromatic N) is 5. The number of hydrogen-bond acceptors (Lipinski definition) is 3. The normalized spacial score (nSPS) is 13.0. The van der Waals surface area contributed by atoms with Gasteiger partial charge in [-0.3, -0.25) is 0 Å². The largest absolute Gasteiger partial charge is 0.309 e. The first-order chi connectivity index (χ1) is 34.3. The summed E-state index contributed by atoms with van der Waals surface area (Å²) in [6.45, 7) is 0. The molecule has 15 rings (SSSR count). The van der Waals surface area contributed by atoms with E-state index in [4.69, 9.17) is 15.0 Å². The van der Waals surface area contributed by atoms with E-state index in [0.29, 0.717) is 17.5 Å². The van der Waals surface area contributed by atoms with Gasteiger partial charge < -0.3 is 9.13 Å². The second-order valence-corrected chi connectivity index (χ2v) is 18.2. The van der Waals surface area contributed by atoms with Gasteiger partial charge in [0.25, 0.3) is 0 Å². The minimum absolute atomic E-state index is 0.474. The van der Waals surface area contributed by atoms with Crippen LogP contribution in [0.2, 0.25) is 0 Å². The number of benzene rings is 10. The molecule has 0 saturated carbocycles. The van der Waals surface area contributed by atoms with Crippen LogP contribution in [0.1, 0.15) is 22.3 Å². The third-order valence-electron chi connectivity index (χ3n) is 14.8. The van der Waals surface area contributed by atoms with Crippen LogP contribution in [0.3, 0.4) is 0 Å². The van der Waals surface area contributed by atoms with Crippen LogP contribution in [-0.4, -0.2) is 24.1 Å². The Morgan fingerprint density at radius 3 is 1.48 bits per heavy atom. The summed E-state index contributed by atoms with van der Waals surface area (Å²) >= 11 is 0. The highest BCUT2D eigenvalue weighted by molar-refractivity contribution is 6.26. The van der Waals surface area contributed by atoms with Crippen LogP contribution in [0.15, 0.2) is 237 Å². The predicted octanol–water partition coefficient (Wildman–Crippen LogP) is 15.4. The Morgan fingerprint density at radius 1 is 0.290 bits per heavy atom. The Hall–Kier alpha value is -9.19. The maximum atomic E-state index is 5.42. The van der Waals surface area contributed by atoms with Crippen molar-refractivity contribution in [2.24, 2.45) is 0 Å². The van der Waals surface area contributed by atoms with Crippen molar-refractivity contribution in [2.75, 3.05) is 0 Å². The molecule has 0 fully saturated rings. The van der Waals surface area contributed by atoms with Crippen molar-refractivity contribution in [1.82, 2.24) is 24.1 Å². The number of aromatic nitrogens is 5. The molecule has 320 valence electrons. The third-order valence-corrected chi connectivity index (χ3v) is 14.8. The van der Waals surface area contributed by atoms with Gasteiger partial charge in [0.1, 0.15) is 0 Å². The van der Waals surface area contributed by atoms with Crippen molar-refractivity contribution >= 4 is 43.6 Å². The molecule has 0 bridgehead atoms. The molecule has 5 nitrogen and oxygen atoms in total. The predicted molar refractivity (Wildman–Crippen MR) is 281 cm³/mol. The van der Waals surface area contributed by atoms with Crippen molar-refractivity contribution in [3.8, 4) is 67.8 Å². The molecule has 0 aliphatic heterocycles. The standard InChI is InChI=1S/C64H39N5/c1-3-18-40(19-4-1)61-65-62(67-63(66-61)50-27-17-31-54-58(50)48-25-9-14-30-53(48)64(54)51-28-12-7-22-44(51)45-23-8-13-29-52(45)64)41-34-36-43(37-35-41)69-55-32-15-10-24-46(55)47-38-39-57-59(60(47)69)49-26-11-16-33-56(49)68(57)42-20-5-2-6-21-42/h1-39H. The molecule has 3 aromatic heterocycles. The maximum absolute atomic E-state index is 5.42. The smallest absolute Gasteiger partial charge is 0.164 e. The van der Waals surface area contributed by atoms with E-state index in [1.54, 1.807) is 0 Å². The number of hydrogen-bond donors (Lipinski definition) is 0. The molecule has 0 radical (unpaired) electrons. The summed E-state index contributed by atoms with van der Waals surface area (Å²) in [5.41, 5.74) is 19.3. The lowest BCUT2D eigenvalue weighted by Crippen LogP contribution is -2.25. The Morgan fingerprint density at radius 2 is 0.783 bits per heavy atom. The van der Waals surface area contributed by atoms with Gasteiger partial charge in [0.15, 0.2) is 17.5 Å². The van der Waals surface area contributed by atoms with Gasteiger partial charge in [-0.05, 0) is 99.1 Å². The van der Waals surface area contributed by atoms with E-state index in [9.17, 15) is 0 Å². The lowest BCUT2D eigenvalue weighted by molar-refractivity contribution is 0.794. The maximum Gasteiger partial charge on any atom is 0.164 e. The molecule has 0 amide bonds. The summed E-state index contributed by atoms with van der Waals surface area (Å²) in [6, 6.07) is 85.3. The van der Waals surface area contributed by atoms with Gasteiger partial charge in [-0.25, -0.2) is 15.0 Å². The van der Waals surface area contributed by atoms with Crippen LogP contribution >= 0.6 is 0 Å². The molecular formula is C64H39N5. The highest BCUT2D eigenvalue weighted by atomic mass is 15.0. The molecule has 3 heterocycles. The van der Waals surface area contributed by atoms with E-state index in [0.717, 1.165) is 39.1 Å². The van der Waals surface area contributed by atoms with E-state index in [2.05, 4.69) is 228 Å². The monoisotopic (exact) mass is 877 g/mol. The number of fused-ring (bicyclic) bond motifs is 17. The van der Waals surface area contributed by atoms with Gasteiger partial charge in [-0.1, -0.05) is 182 Å². The molecule has 0 unspecified atom stereocenters. The molecule has 13 aromatic rings. The summed E-state index contributed by atoms with van der Waals surface area (Å²) in [4.78, 5) is 16.0. The lowest BCUT2D eigenvalue weighted by Gasteiger charge is -2.30. The van der Waals surface area contributed by atoms with Crippen LogP contribution < -0.4 is 0 Å². The Balaban J connectivity index is 0.932. The van der Waals surface area contributed by atoms with Crippen molar-refractivity contribution in [3.05, 3.63) is 259 Å². The van der Waals surface area contributed by atoms with Crippen molar-refractivity contribution in [3.63, 3.8) is 0 Å². The van der Waals surface area contributed by atoms with Crippen LogP contribution in [-0.2, 0) is 5.41 Å². The highest BCUT2D eigenvalue weighted by Gasteiger charge is 2.52. The van der Waals surface area contributed by atoms with Crippen LogP contribution in [0.5, 0.6) is 0 Å². The summed E-state index contributed by atoms with van der Waals surface area (Å²) in [7, 11) is 0. The van der Waals surface area contributed by atoms with Gasteiger partial charge >= 0.3 is 0 Å². The second kappa shape index (κ2) is 14.4. The van der Waals surface area contributed by atoms with Gasteiger partial charge in [0.2, 0.25) is 0 Å².